The zero-order chi connectivity index (χ0) is 15.8. The Balaban J connectivity index is 1.73. The highest BCUT2D eigenvalue weighted by Gasteiger charge is 2.09. The molecule has 0 saturated heterocycles. The Morgan fingerprint density at radius 2 is 2.05 bits per heavy atom. The van der Waals surface area contributed by atoms with Gasteiger partial charge in [0.05, 0.1) is 6.54 Å². The minimum absolute atomic E-state index is 0.0331. The van der Waals surface area contributed by atoms with Crippen molar-refractivity contribution in [3.63, 3.8) is 0 Å². The zero-order valence-electron chi connectivity index (χ0n) is 13.8. The third kappa shape index (κ3) is 5.30. The van der Waals surface area contributed by atoms with Crippen LogP contribution in [0.4, 0.5) is 5.69 Å². The molecule has 0 saturated carbocycles. The molecular weight excluding hydrogens is 272 g/mol. The topological polar surface area (TPSA) is 41.1 Å². The highest BCUT2D eigenvalue weighted by Crippen LogP contribution is 2.23. The Kier molecular flexibility index (Phi) is 6.66. The second-order valence-electron chi connectivity index (χ2n) is 6.33. The molecule has 3 heteroatoms. The second kappa shape index (κ2) is 8.74. The molecule has 2 rings (SSSR count). The van der Waals surface area contributed by atoms with Crippen LogP contribution in [-0.4, -0.2) is 19.0 Å². The van der Waals surface area contributed by atoms with Crippen LogP contribution in [0.1, 0.15) is 57.4 Å². The number of allylic oxidation sites excluding steroid dienone is 1. The molecule has 0 spiro atoms. The number of hydrogen-bond donors (Lipinski definition) is 2. The van der Waals surface area contributed by atoms with Crippen molar-refractivity contribution >= 4 is 11.6 Å². The molecule has 0 atom stereocenters. The quantitative estimate of drug-likeness (QED) is 0.584. The molecule has 1 aliphatic carbocycles. The number of nitrogens with one attached hydrogen (secondary N) is 2. The van der Waals surface area contributed by atoms with E-state index >= 15 is 0 Å². The standard InChI is InChI=1S/C19H28N2O/c1-15(2)17-10-6-7-11-18(17)21-19(22)14-20-13-12-16-8-4-3-5-9-16/h6-8,10-11,15,20H,3-5,9,12-14H2,1-2H3,(H,21,22). The van der Waals surface area contributed by atoms with E-state index in [2.05, 4.69) is 36.6 Å². The summed E-state index contributed by atoms with van der Waals surface area (Å²) in [6.07, 6.45) is 8.53. The van der Waals surface area contributed by atoms with E-state index in [-0.39, 0.29) is 5.91 Å². The van der Waals surface area contributed by atoms with Crippen LogP contribution in [0.2, 0.25) is 0 Å². The maximum absolute atomic E-state index is 12.1. The van der Waals surface area contributed by atoms with Gasteiger partial charge in [0, 0.05) is 5.69 Å². The Labute approximate surface area is 134 Å². The molecule has 2 N–H and O–H groups in total. The number of hydrogen-bond acceptors (Lipinski definition) is 2. The Morgan fingerprint density at radius 1 is 1.23 bits per heavy atom. The zero-order valence-corrected chi connectivity index (χ0v) is 13.8. The maximum atomic E-state index is 12.1. The lowest BCUT2D eigenvalue weighted by Crippen LogP contribution is -2.29. The van der Waals surface area contributed by atoms with E-state index in [9.17, 15) is 4.79 Å². The average Bonchev–Trinajstić information content (AvgIpc) is 2.53. The summed E-state index contributed by atoms with van der Waals surface area (Å²) in [4.78, 5) is 12.1. The number of carbonyl (C=O) groups excluding carboxylic acids is 1. The fourth-order valence-corrected chi connectivity index (χ4v) is 2.89. The van der Waals surface area contributed by atoms with Gasteiger partial charge in [-0.15, -0.1) is 0 Å². The van der Waals surface area contributed by atoms with Crippen molar-refractivity contribution in [3.05, 3.63) is 41.5 Å². The SMILES string of the molecule is CC(C)c1ccccc1NC(=O)CNCCC1=CCCCC1. The molecule has 120 valence electrons. The molecule has 1 amide bonds. The largest absolute Gasteiger partial charge is 0.325 e. The van der Waals surface area contributed by atoms with Gasteiger partial charge < -0.3 is 10.6 Å². The highest BCUT2D eigenvalue weighted by molar-refractivity contribution is 5.93. The lowest BCUT2D eigenvalue weighted by Gasteiger charge is -2.15. The Hall–Kier alpha value is -1.61. The summed E-state index contributed by atoms with van der Waals surface area (Å²) >= 11 is 0. The summed E-state index contributed by atoms with van der Waals surface area (Å²) in [5.41, 5.74) is 3.66. The van der Waals surface area contributed by atoms with Gasteiger partial charge in [0.15, 0.2) is 0 Å². The Bertz CT molecular complexity index is 520. The second-order valence-corrected chi connectivity index (χ2v) is 6.33. The summed E-state index contributed by atoms with van der Waals surface area (Å²) in [5, 5.41) is 6.26. The van der Waals surface area contributed by atoms with Gasteiger partial charge in [-0.1, -0.05) is 43.7 Å². The number of para-hydroxylation sites is 1. The van der Waals surface area contributed by atoms with Crippen molar-refractivity contribution in [1.82, 2.24) is 5.32 Å². The summed E-state index contributed by atoms with van der Waals surface area (Å²) in [6, 6.07) is 8.02. The first-order valence-electron chi connectivity index (χ1n) is 8.44. The van der Waals surface area contributed by atoms with Crippen LogP contribution in [0.15, 0.2) is 35.9 Å². The normalized spacial score (nSPS) is 14.8. The first-order chi connectivity index (χ1) is 10.7. The fraction of sp³-hybridized carbons (Fsp3) is 0.526. The van der Waals surface area contributed by atoms with E-state index < -0.39 is 0 Å². The number of anilines is 1. The molecule has 0 aliphatic heterocycles. The number of benzene rings is 1. The molecule has 0 unspecified atom stereocenters. The van der Waals surface area contributed by atoms with Crippen LogP contribution in [0.25, 0.3) is 0 Å². The predicted molar refractivity (Wildman–Crippen MR) is 93.2 cm³/mol. The maximum Gasteiger partial charge on any atom is 0.238 e. The van der Waals surface area contributed by atoms with E-state index in [1.54, 1.807) is 5.57 Å². The molecule has 0 heterocycles. The smallest absolute Gasteiger partial charge is 0.238 e. The molecule has 3 nitrogen and oxygen atoms in total. The van der Waals surface area contributed by atoms with Gasteiger partial charge in [0.1, 0.15) is 0 Å². The van der Waals surface area contributed by atoms with Crippen molar-refractivity contribution in [3.8, 4) is 0 Å². The van der Waals surface area contributed by atoms with Gasteiger partial charge in [-0.2, -0.15) is 0 Å². The van der Waals surface area contributed by atoms with Crippen molar-refractivity contribution in [2.75, 3.05) is 18.4 Å². The van der Waals surface area contributed by atoms with Crippen molar-refractivity contribution in [2.45, 2.75) is 51.9 Å². The Morgan fingerprint density at radius 3 is 2.77 bits per heavy atom. The number of amides is 1. The first-order valence-corrected chi connectivity index (χ1v) is 8.44. The van der Waals surface area contributed by atoms with Crippen molar-refractivity contribution in [1.29, 1.82) is 0 Å². The first kappa shape index (κ1) is 16.8. The van der Waals surface area contributed by atoms with E-state index in [0.717, 1.165) is 18.7 Å². The van der Waals surface area contributed by atoms with Crippen molar-refractivity contribution < 1.29 is 4.79 Å². The molecule has 1 aromatic rings. The van der Waals surface area contributed by atoms with Gasteiger partial charge in [-0.05, 0) is 56.2 Å². The van der Waals surface area contributed by atoms with Crippen LogP contribution >= 0.6 is 0 Å². The summed E-state index contributed by atoms with van der Waals surface area (Å²) in [7, 11) is 0. The molecule has 0 radical (unpaired) electrons. The van der Waals surface area contributed by atoms with E-state index in [4.69, 9.17) is 0 Å². The van der Waals surface area contributed by atoms with Crippen LogP contribution in [0, 0.1) is 0 Å². The summed E-state index contributed by atoms with van der Waals surface area (Å²) in [6.45, 7) is 5.53. The molecule has 1 aromatic carbocycles. The van der Waals surface area contributed by atoms with Crippen LogP contribution in [0.5, 0.6) is 0 Å². The lowest BCUT2D eigenvalue weighted by atomic mass is 9.97. The van der Waals surface area contributed by atoms with Crippen LogP contribution in [0.3, 0.4) is 0 Å². The summed E-state index contributed by atoms with van der Waals surface area (Å²) < 4.78 is 0. The predicted octanol–water partition coefficient (Wildman–Crippen LogP) is 4.23. The minimum atomic E-state index is 0.0331. The van der Waals surface area contributed by atoms with E-state index in [1.807, 2.05) is 18.2 Å². The van der Waals surface area contributed by atoms with E-state index in [1.165, 1.54) is 31.2 Å². The van der Waals surface area contributed by atoms with Gasteiger partial charge in [-0.25, -0.2) is 0 Å². The van der Waals surface area contributed by atoms with E-state index in [0.29, 0.717) is 12.5 Å². The lowest BCUT2D eigenvalue weighted by molar-refractivity contribution is -0.115. The van der Waals surface area contributed by atoms with Crippen LogP contribution < -0.4 is 10.6 Å². The number of carbonyl (C=O) groups is 1. The average molecular weight is 300 g/mol. The summed E-state index contributed by atoms with van der Waals surface area (Å²) in [5.74, 6) is 0.438. The van der Waals surface area contributed by atoms with Crippen LogP contribution in [-0.2, 0) is 4.79 Å². The van der Waals surface area contributed by atoms with Gasteiger partial charge in [0.2, 0.25) is 5.91 Å². The third-order valence-electron chi connectivity index (χ3n) is 4.15. The highest BCUT2D eigenvalue weighted by atomic mass is 16.1. The molecular formula is C19H28N2O. The third-order valence-corrected chi connectivity index (χ3v) is 4.15. The van der Waals surface area contributed by atoms with Gasteiger partial charge in [0.25, 0.3) is 0 Å². The monoisotopic (exact) mass is 300 g/mol. The van der Waals surface area contributed by atoms with Gasteiger partial charge in [-0.3, -0.25) is 4.79 Å². The molecule has 0 fully saturated rings. The molecule has 0 aromatic heterocycles. The molecule has 22 heavy (non-hydrogen) atoms. The fourth-order valence-electron chi connectivity index (χ4n) is 2.89. The molecule has 0 bridgehead atoms. The minimum Gasteiger partial charge on any atom is -0.325 e. The number of rotatable bonds is 7. The molecule has 1 aliphatic rings. The van der Waals surface area contributed by atoms with Gasteiger partial charge >= 0.3 is 0 Å². The van der Waals surface area contributed by atoms with Crippen molar-refractivity contribution in [2.24, 2.45) is 0 Å².